The van der Waals surface area contributed by atoms with Crippen LogP contribution in [0, 0.1) is 11.8 Å². The van der Waals surface area contributed by atoms with Gasteiger partial charge in [-0.25, -0.2) is 0 Å². The van der Waals surface area contributed by atoms with Crippen LogP contribution >= 0.6 is 0 Å². The first kappa shape index (κ1) is 23.9. The Morgan fingerprint density at radius 3 is 1.68 bits per heavy atom. The van der Waals surface area contributed by atoms with Crippen LogP contribution < -0.4 is 5.73 Å². The minimum absolute atomic E-state index is 0.0334. The van der Waals surface area contributed by atoms with Gasteiger partial charge in [0.2, 0.25) is 11.8 Å². The molecule has 0 aromatic rings. The summed E-state index contributed by atoms with van der Waals surface area (Å²) in [6.45, 7) is 10.3. The van der Waals surface area contributed by atoms with Gasteiger partial charge in [-0.1, -0.05) is 66.2 Å². The minimum Gasteiger partial charge on any atom is -0.368 e. The molecule has 2 amide bonds. The first-order valence-electron chi connectivity index (χ1n) is 9.96. The van der Waals surface area contributed by atoms with E-state index in [-0.39, 0.29) is 19.1 Å². The summed E-state index contributed by atoms with van der Waals surface area (Å²) in [5, 5.41) is 0. The minimum atomic E-state index is -0.540. The Labute approximate surface area is 154 Å². The molecule has 0 atom stereocenters. The van der Waals surface area contributed by atoms with Crippen molar-refractivity contribution in [3.63, 3.8) is 0 Å². The summed E-state index contributed by atoms with van der Waals surface area (Å²) in [6.07, 6.45) is 9.27. The zero-order valence-corrected chi connectivity index (χ0v) is 16.9. The van der Waals surface area contributed by atoms with Crippen LogP contribution in [0.25, 0.3) is 0 Å². The standard InChI is InChI=1S/C20H40N2O3/c1-17(2)11-7-5-9-13-22(14-10-6-8-12-18(3)4)20(24)16-25-15-19(21)23/h17-18H,5-16H2,1-4H3,(H2,21,23). The molecule has 0 saturated heterocycles. The summed E-state index contributed by atoms with van der Waals surface area (Å²) in [6, 6.07) is 0. The van der Waals surface area contributed by atoms with Crippen molar-refractivity contribution in [2.45, 2.75) is 79.1 Å². The fourth-order valence-electron chi connectivity index (χ4n) is 2.76. The van der Waals surface area contributed by atoms with E-state index in [0.29, 0.717) is 0 Å². The average molecular weight is 357 g/mol. The van der Waals surface area contributed by atoms with E-state index in [4.69, 9.17) is 10.5 Å². The van der Waals surface area contributed by atoms with Crippen molar-refractivity contribution >= 4 is 11.8 Å². The number of rotatable bonds is 16. The van der Waals surface area contributed by atoms with E-state index in [1.807, 2.05) is 4.90 Å². The van der Waals surface area contributed by atoms with E-state index in [2.05, 4.69) is 27.7 Å². The van der Waals surface area contributed by atoms with E-state index in [1.165, 1.54) is 25.7 Å². The number of hydrogen-bond donors (Lipinski definition) is 1. The summed E-state index contributed by atoms with van der Waals surface area (Å²) in [7, 11) is 0. The molecular formula is C20H40N2O3. The molecule has 0 unspecified atom stereocenters. The second-order valence-corrected chi connectivity index (χ2v) is 7.83. The second kappa shape index (κ2) is 15.2. The predicted molar refractivity (Wildman–Crippen MR) is 103 cm³/mol. The van der Waals surface area contributed by atoms with Gasteiger partial charge in [-0.2, -0.15) is 0 Å². The van der Waals surface area contributed by atoms with E-state index < -0.39 is 5.91 Å². The van der Waals surface area contributed by atoms with Crippen molar-refractivity contribution in [2.24, 2.45) is 17.6 Å². The van der Waals surface area contributed by atoms with Crippen molar-refractivity contribution in [1.29, 1.82) is 0 Å². The fourth-order valence-corrected chi connectivity index (χ4v) is 2.76. The Bertz CT molecular complexity index is 339. The highest BCUT2D eigenvalue weighted by Crippen LogP contribution is 2.11. The van der Waals surface area contributed by atoms with Crippen molar-refractivity contribution in [3.05, 3.63) is 0 Å². The van der Waals surface area contributed by atoms with Gasteiger partial charge in [0.25, 0.3) is 0 Å². The maximum Gasteiger partial charge on any atom is 0.248 e. The molecule has 0 aliphatic heterocycles. The topological polar surface area (TPSA) is 72.6 Å². The van der Waals surface area contributed by atoms with Gasteiger partial charge in [0.15, 0.2) is 0 Å². The van der Waals surface area contributed by atoms with Crippen molar-refractivity contribution < 1.29 is 14.3 Å². The Hall–Kier alpha value is -1.10. The van der Waals surface area contributed by atoms with Gasteiger partial charge in [0.05, 0.1) is 0 Å². The summed E-state index contributed by atoms with van der Waals surface area (Å²) >= 11 is 0. The maximum absolute atomic E-state index is 12.3. The molecule has 0 aromatic heterocycles. The molecule has 0 spiro atoms. The van der Waals surface area contributed by atoms with E-state index in [1.54, 1.807) is 0 Å². The monoisotopic (exact) mass is 356 g/mol. The molecule has 5 heteroatoms. The number of ether oxygens (including phenoxy) is 1. The molecule has 148 valence electrons. The molecule has 0 rings (SSSR count). The summed E-state index contributed by atoms with van der Waals surface area (Å²) in [5.41, 5.74) is 5.04. The van der Waals surface area contributed by atoms with E-state index in [9.17, 15) is 9.59 Å². The molecule has 0 aliphatic rings. The van der Waals surface area contributed by atoms with Crippen molar-refractivity contribution in [3.8, 4) is 0 Å². The number of carbonyl (C=O) groups excluding carboxylic acids is 2. The third kappa shape index (κ3) is 16.1. The quantitative estimate of drug-likeness (QED) is 0.428. The third-order valence-electron chi connectivity index (χ3n) is 4.24. The Kier molecular flexibility index (Phi) is 14.5. The van der Waals surface area contributed by atoms with Gasteiger partial charge in [-0.05, 0) is 24.7 Å². The normalized spacial score (nSPS) is 11.3. The van der Waals surface area contributed by atoms with Gasteiger partial charge in [-0.15, -0.1) is 0 Å². The zero-order valence-electron chi connectivity index (χ0n) is 16.9. The maximum atomic E-state index is 12.3. The van der Waals surface area contributed by atoms with Crippen LogP contribution in [-0.4, -0.2) is 43.0 Å². The van der Waals surface area contributed by atoms with E-state index in [0.717, 1.165) is 50.6 Å². The molecule has 2 N–H and O–H groups in total. The van der Waals surface area contributed by atoms with Crippen LogP contribution in [-0.2, 0) is 14.3 Å². The number of nitrogens with zero attached hydrogens (tertiary/aromatic N) is 1. The molecule has 0 fully saturated rings. The molecule has 0 aliphatic carbocycles. The zero-order chi connectivity index (χ0) is 19.1. The largest absolute Gasteiger partial charge is 0.368 e. The fraction of sp³-hybridized carbons (Fsp3) is 0.900. The highest BCUT2D eigenvalue weighted by Gasteiger charge is 2.13. The van der Waals surface area contributed by atoms with E-state index >= 15 is 0 Å². The van der Waals surface area contributed by atoms with Crippen LogP contribution in [0.1, 0.15) is 79.1 Å². The molecular weight excluding hydrogens is 316 g/mol. The molecule has 5 nitrogen and oxygen atoms in total. The third-order valence-corrected chi connectivity index (χ3v) is 4.24. The van der Waals surface area contributed by atoms with Crippen LogP contribution in [0.4, 0.5) is 0 Å². The lowest BCUT2D eigenvalue weighted by Crippen LogP contribution is -2.36. The number of hydrogen-bond acceptors (Lipinski definition) is 3. The van der Waals surface area contributed by atoms with Gasteiger partial charge in [0.1, 0.15) is 13.2 Å². The van der Waals surface area contributed by atoms with Gasteiger partial charge in [0, 0.05) is 13.1 Å². The summed E-state index contributed by atoms with van der Waals surface area (Å²) in [5.74, 6) is 0.900. The van der Waals surface area contributed by atoms with Gasteiger partial charge >= 0.3 is 0 Å². The summed E-state index contributed by atoms with van der Waals surface area (Å²) < 4.78 is 5.09. The second-order valence-electron chi connectivity index (χ2n) is 7.83. The Morgan fingerprint density at radius 2 is 1.28 bits per heavy atom. The molecule has 0 radical (unpaired) electrons. The lowest BCUT2D eigenvalue weighted by atomic mass is 10.0. The molecule has 0 aromatic carbocycles. The first-order chi connectivity index (χ1) is 11.8. The molecule has 25 heavy (non-hydrogen) atoms. The average Bonchev–Trinajstić information content (AvgIpc) is 2.51. The highest BCUT2D eigenvalue weighted by molar-refractivity contribution is 5.78. The van der Waals surface area contributed by atoms with Crippen molar-refractivity contribution in [1.82, 2.24) is 4.90 Å². The number of nitrogens with two attached hydrogens (primary N) is 1. The smallest absolute Gasteiger partial charge is 0.248 e. The molecule has 0 saturated carbocycles. The Morgan fingerprint density at radius 1 is 0.800 bits per heavy atom. The highest BCUT2D eigenvalue weighted by atomic mass is 16.5. The van der Waals surface area contributed by atoms with Gasteiger partial charge < -0.3 is 15.4 Å². The molecule has 0 heterocycles. The van der Waals surface area contributed by atoms with Gasteiger partial charge in [-0.3, -0.25) is 9.59 Å². The SMILES string of the molecule is CC(C)CCCCCN(CCCCCC(C)C)C(=O)COCC(N)=O. The molecule has 0 bridgehead atoms. The summed E-state index contributed by atoms with van der Waals surface area (Å²) in [4.78, 5) is 24.9. The first-order valence-corrected chi connectivity index (χ1v) is 9.96. The predicted octanol–water partition coefficient (Wildman–Crippen LogP) is 3.75. The lowest BCUT2D eigenvalue weighted by Gasteiger charge is -2.23. The number of unbranched alkanes of at least 4 members (excludes halogenated alkanes) is 4. The Balaban J connectivity index is 4.15. The van der Waals surface area contributed by atoms with Crippen LogP contribution in [0.2, 0.25) is 0 Å². The number of amides is 2. The lowest BCUT2D eigenvalue weighted by molar-refractivity contribution is -0.138. The van der Waals surface area contributed by atoms with Crippen LogP contribution in [0.15, 0.2) is 0 Å². The van der Waals surface area contributed by atoms with Crippen molar-refractivity contribution in [2.75, 3.05) is 26.3 Å². The number of carbonyl (C=O) groups is 2. The number of primary amides is 1. The van der Waals surface area contributed by atoms with Crippen LogP contribution in [0.5, 0.6) is 0 Å². The van der Waals surface area contributed by atoms with Crippen LogP contribution in [0.3, 0.4) is 0 Å².